The van der Waals surface area contributed by atoms with E-state index in [1.165, 1.54) is 6.08 Å². The van der Waals surface area contributed by atoms with E-state index in [1.54, 1.807) is 19.1 Å². The standard InChI is InChI=1S/C12H14ClNO2/c1-9(15)8-14-12(16)7-6-10-4-2-3-5-11(10)13/h2-7,9,15H,8H2,1H3,(H,14,16)/b7-6+/t9-/m0/s1. The number of halogens is 1. The zero-order valence-electron chi connectivity index (χ0n) is 8.98. The normalized spacial score (nSPS) is 12.7. The maximum atomic E-state index is 11.3. The van der Waals surface area contributed by atoms with Crippen LogP contribution in [0.3, 0.4) is 0 Å². The SMILES string of the molecule is C[C@H](O)CNC(=O)/C=C/c1ccccc1Cl. The third kappa shape index (κ3) is 4.47. The molecule has 1 rings (SSSR count). The van der Waals surface area contributed by atoms with Gasteiger partial charge < -0.3 is 10.4 Å². The van der Waals surface area contributed by atoms with Gasteiger partial charge in [0.25, 0.3) is 0 Å². The lowest BCUT2D eigenvalue weighted by Gasteiger charge is -2.03. The van der Waals surface area contributed by atoms with Crippen LogP contribution in [0.1, 0.15) is 12.5 Å². The van der Waals surface area contributed by atoms with Crippen molar-refractivity contribution in [3.8, 4) is 0 Å². The molecule has 0 aromatic heterocycles. The topological polar surface area (TPSA) is 49.3 Å². The summed E-state index contributed by atoms with van der Waals surface area (Å²) in [6.07, 6.45) is 2.49. The molecule has 0 heterocycles. The summed E-state index contributed by atoms with van der Waals surface area (Å²) >= 11 is 5.91. The summed E-state index contributed by atoms with van der Waals surface area (Å²) < 4.78 is 0. The Labute approximate surface area is 99.7 Å². The average molecular weight is 240 g/mol. The van der Waals surface area contributed by atoms with Crippen LogP contribution in [0.15, 0.2) is 30.3 Å². The van der Waals surface area contributed by atoms with Gasteiger partial charge in [0.2, 0.25) is 5.91 Å². The molecule has 4 heteroatoms. The maximum Gasteiger partial charge on any atom is 0.244 e. The zero-order valence-corrected chi connectivity index (χ0v) is 9.74. The molecule has 3 nitrogen and oxygen atoms in total. The zero-order chi connectivity index (χ0) is 12.0. The second-order valence-corrected chi connectivity index (χ2v) is 3.86. The molecule has 1 aromatic rings. The van der Waals surface area contributed by atoms with Gasteiger partial charge in [-0.3, -0.25) is 4.79 Å². The number of nitrogens with one attached hydrogen (secondary N) is 1. The summed E-state index contributed by atoms with van der Waals surface area (Å²) in [4.78, 5) is 11.3. The lowest BCUT2D eigenvalue weighted by atomic mass is 10.2. The molecule has 0 aliphatic rings. The van der Waals surface area contributed by atoms with Crippen molar-refractivity contribution in [2.24, 2.45) is 0 Å². The maximum absolute atomic E-state index is 11.3. The van der Waals surface area contributed by atoms with Gasteiger partial charge in [-0.2, -0.15) is 0 Å². The third-order valence-corrected chi connectivity index (χ3v) is 2.24. The summed E-state index contributed by atoms with van der Waals surface area (Å²) in [5, 5.41) is 12.1. The summed E-state index contributed by atoms with van der Waals surface area (Å²) in [7, 11) is 0. The highest BCUT2D eigenvalue weighted by molar-refractivity contribution is 6.32. The van der Waals surface area contributed by atoms with Crippen LogP contribution in [0.4, 0.5) is 0 Å². The molecule has 0 radical (unpaired) electrons. The van der Waals surface area contributed by atoms with Crippen molar-refractivity contribution in [2.75, 3.05) is 6.54 Å². The number of aliphatic hydroxyl groups is 1. The number of benzene rings is 1. The Morgan fingerprint density at radius 3 is 2.88 bits per heavy atom. The molecule has 86 valence electrons. The molecule has 0 unspecified atom stereocenters. The van der Waals surface area contributed by atoms with E-state index in [0.29, 0.717) is 5.02 Å². The van der Waals surface area contributed by atoms with Gasteiger partial charge in [-0.25, -0.2) is 0 Å². The first-order valence-electron chi connectivity index (χ1n) is 4.98. The Hall–Kier alpha value is -1.32. The van der Waals surface area contributed by atoms with Crippen molar-refractivity contribution in [1.29, 1.82) is 0 Å². The van der Waals surface area contributed by atoms with Crippen LogP contribution >= 0.6 is 11.6 Å². The minimum absolute atomic E-state index is 0.242. The smallest absolute Gasteiger partial charge is 0.244 e. The van der Waals surface area contributed by atoms with E-state index in [-0.39, 0.29) is 12.5 Å². The molecule has 16 heavy (non-hydrogen) atoms. The Balaban J connectivity index is 2.54. The highest BCUT2D eigenvalue weighted by atomic mass is 35.5. The van der Waals surface area contributed by atoms with Gasteiger partial charge in [0.05, 0.1) is 6.10 Å². The van der Waals surface area contributed by atoms with Gasteiger partial charge in [-0.1, -0.05) is 29.8 Å². The number of hydrogen-bond acceptors (Lipinski definition) is 2. The van der Waals surface area contributed by atoms with E-state index in [9.17, 15) is 4.79 Å². The number of hydrogen-bond donors (Lipinski definition) is 2. The predicted octanol–water partition coefficient (Wildman–Crippen LogP) is 1.85. The van der Waals surface area contributed by atoms with E-state index in [4.69, 9.17) is 16.7 Å². The van der Waals surface area contributed by atoms with Crippen molar-refractivity contribution in [3.63, 3.8) is 0 Å². The average Bonchev–Trinajstić information content (AvgIpc) is 2.25. The number of carbonyl (C=O) groups excluding carboxylic acids is 1. The number of carbonyl (C=O) groups is 1. The third-order valence-electron chi connectivity index (χ3n) is 1.89. The number of rotatable bonds is 4. The predicted molar refractivity (Wildman–Crippen MR) is 65.2 cm³/mol. The lowest BCUT2D eigenvalue weighted by molar-refractivity contribution is -0.116. The Morgan fingerprint density at radius 1 is 1.56 bits per heavy atom. The molecule has 0 aliphatic heterocycles. The molecule has 0 aliphatic carbocycles. The van der Waals surface area contributed by atoms with Crippen LogP contribution in [0.2, 0.25) is 5.02 Å². The molecule has 1 amide bonds. The fraction of sp³-hybridized carbons (Fsp3) is 0.250. The van der Waals surface area contributed by atoms with Crippen molar-refractivity contribution < 1.29 is 9.90 Å². The van der Waals surface area contributed by atoms with Gasteiger partial charge in [0, 0.05) is 17.6 Å². The van der Waals surface area contributed by atoms with Gasteiger partial charge >= 0.3 is 0 Å². The van der Waals surface area contributed by atoms with Crippen LogP contribution < -0.4 is 5.32 Å². The Morgan fingerprint density at radius 2 is 2.25 bits per heavy atom. The van der Waals surface area contributed by atoms with E-state index in [1.807, 2.05) is 18.2 Å². The first kappa shape index (κ1) is 12.7. The minimum Gasteiger partial charge on any atom is -0.392 e. The second-order valence-electron chi connectivity index (χ2n) is 3.45. The first-order valence-corrected chi connectivity index (χ1v) is 5.36. The minimum atomic E-state index is -0.544. The highest BCUT2D eigenvalue weighted by Gasteiger charge is 1.99. The quantitative estimate of drug-likeness (QED) is 0.788. The molecular weight excluding hydrogens is 226 g/mol. The lowest BCUT2D eigenvalue weighted by Crippen LogP contribution is -2.28. The molecule has 2 N–H and O–H groups in total. The first-order chi connectivity index (χ1) is 7.59. The molecule has 0 saturated carbocycles. The molecule has 1 atom stereocenters. The summed E-state index contributed by atoms with van der Waals surface area (Å²) in [5.41, 5.74) is 0.788. The highest BCUT2D eigenvalue weighted by Crippen LogP contribution is 2.15. The summed E-state index contributed by atoms with van der Waals surface area (Å²) in [6.45, 7) is 1.85. The second kappa shape index (κ2) is 6.30. The monoisotopic (exact) mass is 239 g/mol. The molecule has 0 saturated heterocycles. The molecule has 0 bridgehead atoms. The Kier molecular flexibility index (Phi) is 5.02. The van der Waals surface area contributed by atoms with E-state index < -0.39 is 6.10 Å². The van der Waals surface area contributed by atoms with Crippen LogP contribution in [0.25, 0.3) is 6.08 Å². The van der Waals surface area contributed by atoms with Crippen molar-refractivity contribution in [1.82, 2.24) is 5.32 Å². The number of aliphatic hydroxyl groups excluding tert-OH is 1. The van der Waals surface area contributed by atoms with E-state index >= 15 is 0 Å². The van der Waals surface area contributed by atoms with Crippen molar-refractivity contribution in [3.05, 3.63) is 40.9 Å². The van der Waals surface area contributed by atoms with Crippen LogP contribution in [0, 0.1) is 0 Å². The summed E-state index contributed by atoms with van der Waals surface area (Å²) in [6, 6.07) is 7.25. The Bertz CT molecular complexity index is 388. The molecule has 1 aromatic carbocycles. The van der Waals surface area contributed by atoms with Gasteiger partial charge in [-0.05, 0) is 24.6 Å². The molecular formula is C12H14ClNO2. The summed E-state index contributed by atoms with van der Waals surface area (Å²) in [5.74, 6) is -0.249. The fourth-order valence-corrected chi connectivity index (χ4v) is 1.28. The van der Waals surface area contributed by atoms with Crippen molar-refractivity contribution in [2.45, 2.75) is 13.0 Å². The molecule has 0 spiro atoms. The van der Waals surface area contributed by atoms with Crippen LogP contribution in [-0.4, -0.2) is 23.7 Å². The van der Waals surface area contributed by atoms with Crippen molar-refractivity contribution >= 4 is 23.6 Å². The fourth-order valence-electron chi connectivity index (χ4n) is 1.08. The van der Waals surface area contributed by atoms with Crippen LogP contribution in [-0.2, 0) is 4.79 Å². The number of amides is 1. The molecule has 0 fully saturated rings. The van der Waals surface area contributed by atoms with E-state index in [2.05, 4.69) is 5.32 Å². The van der Waals surface area contributed by atoms with Gasteiger partial charge in [-0.15, -0.1) is 0 Å². The van der Waals surface area contributed by atoms with Gasteiger partial charge in [0.1, 0.15) is 0 Å². The van der Waals surface area contributed by atoms with E-state index in [0.717, 1.165) is 5.56 Å². The largest absolute Gasteiger partial charge is 0.392 e. The van der Waals surface area contributed by atoms with Gasteiger partial charge in [0.15, 0.2) is 0 Å². The van der Waals surface area contributed by atoms with Crippen LogP contribution in [0.5, 0.6) is 0 Å².